The summed E-state index contributed by atoms with van der Waals surface area (Å²) in [5, 5.41) is 10.9. The Morgan fingerprint density at radius 1 is 1.00 bits per heavy atom. The normalized spacial score (nSPS) is 20.0. The summed E-state index contributed by atoms with van der Waals surface area (Å²) in [6.07, 6.45) is 3.36. The second-order valence-electron chi connectivity index (χ2n) is 10.2. The summed E-state index contributed by atoms with van der Waals surface area (Å²) in [4.78, 5) is 49.9. The van der Waals surface area contributed by atoms with E-state index in [0.29, 0.717) is 50.7 Å². The minimum absolute atomic E-state index is 0.0621. The maximum absolute atomic E-state index is 12.8. The van der Waals surface area contributed by atoms with Crippen LogP contribution in [0.15, 0.2) is 30.5 Å². The Kier molecular flexibility index (Phi) is 7.20. The topological polar surface area (TPSA) is 144 Å². The van der Waals surface area contributed by atoms with Gasteiger partial charge in [0.25, 0.3) is 5.91 Å². The number of fused-ring (bicyclic) bond motifs is 1. The van der Waals surface area contributed by atoms with Gasteiger partial charge in [0.15, 0.2) is 17.6 Å². The van der Waals surface area contributed by atoms with E-state index in [2.05, 4.69) is 15.5 Å². The van der Waals surface area contributed by atoms with Crippen LogP contribution >= 0.6 is 0 Å². The standard InChI is InChI=1S/C27H32N8O5/c1-28-27(38)30-18-4-2-17(3-5-18)23-31-24(33-12-14-39-15-13-33)20-16-29-35(25(20)32-23)19-8-10-34(11-9-19)26(37)21-6-7-22(36)40-21/h2-5,16,19,21H,6-15H2,1H3,(H2,28,30,38). The molecular formula is C27H32N8O5. The molecule has 1 atom stereocenters. The van der Waals surface area contributed by atoms with Crippen molar-refractivity contribution in [3.63, 3.8) is 0 Å². The monoisotopic (exact) mass is 548 g/mol. The second kappa shape index (κ2) is 11.1. The van der Waals surface area contributed by atoms with Gasteiger partial charge in [0.2, 0.25) is 0 Å². The Morgan fingerprint density at radius 3 is 2.42 bits per heavy atom. The maximum Gasteiger partial charge on any atom is 0.318 e. The lowest BCUT2D eigenvalue weighted by Crippen LogP contribution is -2.44. The summed E-state index contributed by atoms with van der Waals surface area (Å²) in [7, 11) is 1.57. The molecule has 3 aliphatic rings. The lowest BCUT2D eigenvalue weighted by molar-refractivity contribution is -0.153. The quantitative estimate of drug-likeness (QED) is 0.457. The predicted octanol–water partition coefficient (Wildman–Crippen LogP) is 1.95. The van der Waals surface area contributed by atoms with Gasteiger partial charge in [0.1, 0.15) is 5.82 Å². The molecule has 13 heteroatoms. The number of hydrogen-bond donors (Lipinski definition) is 2. The summed E-state index contributed by atoms with van der Waals surface area (Å²) in [6.45, 7) is 3.81. The molecule has 1 aromatic carbocycles. The van der Waals surface area contributed by atoms with Crippen molar-refractivity contribution in [3.05, 3.63) is 30.5 Å². The molecule has 3 aromatic rings. The van der Waals surface area contributed by atoms with Gasteiger partial charge in [-0.2, -0.15) is 5.10 Å². The summed E-state index contributed by atoms with van der Waals surface area (Å²) in [5.74, 6) is 0.971. The molecule has 3 fully saturated rings. The van der Waals surface area contributed by atoms with E-state index in [9.17, 15) is 14.4 Å². The van der Waals surface area contributed by atoms with E-state index in [1.807, 2.05) is 35.1 Å². The van der Waals surface area contributed by atoms with E-state index < -0.39 is 6.10 Å². The van der Waals surface area contributed by atoms with Crippen LogP contribution in [0.4, 0.5) is 16.3 Å². The number of piperidine rings is 1. The first kappa shape index (κ1) is 26.0. The third kappa shape index (κ3) is 5.16. The number of nitrogens with zero attached hydrogens (tertiary/aromatic N) is 6. The average molecular weight is 549 g/mol. The van der Waals surface area contributed by atoms with E-state index in [4.69, 9.17) is 24.5 Å². The highest BCUT2D eigenvalue weighted by Crippen LogP contribution is 2.33. The second-order valence-corrected chi connectivity index (χ2v) is 10.2. The van der Waals surface area contributed by atoms with Gasteiger partial charge in [0, 0.05) is 57.3 Å². The van der Waals surface area contributed by atoms with Crippen LogP contribution in [0.3, 0.4) is 0 Å². The molecule has 0 spiro atoms. The maximum atomic E-state index is 12.8. The number of morpholine rings is 1. The smallest absolute Gasteiger partial charge is 0.318 e. The van der Waals surface area contributed by atoms with Crippen molar-refractivity contribution in [2.45, 2.75) is 37.8 Å². The Labute approximate surface area is 230 Å². The fourth-order valence-electron chi connectivity index (χ4n) is 5.45. The Morgan fingerprint density at radius 2 is 1.75 bits per heavy atom. The highest BCUT2D eigenvalue weighted by molar-refractivity contribution is 5.90. The summed E-state index contributed by atoms with van der Waals surface area (Å²) in [6, 6.07) is 7.18. The number of anilines is 2. The van der Waals surface area contributed by atoms with Crippen molar-refractivity contribution in [2.75, 3.05) is 56.7 Å². The SMILES string of the molecule is CNC(=O)Nc1ccc(-c2nc(N3CCOCC3)c3cnn(C4CCN(C(=O)C5CCC(=O)O5)CC4)c3n2)cc1. The van der Waals surface area contributed by atoms with Gasteiger partial charge in [-0.25, -0.2) is 19.4 Å². The van der Waals surface area contributed by atoms with Gasteiger partial charge in [0.05, 0.1) is 30.8 Å². The molecule has 13 nitrogen and oxygen atoms in total. The van der Waals surface area contributed by atoms with Crippen LogP contribution in [0.1, 0.15) is 31.7 Å². The van der Waals surface area contributed by atoms with Gasteiger partial charge in [-0.05, 0) is 37.1 Å². The molecule has 3 aliphatic heterocycles. The van der Waals surface area contributed by atoms with Crippen molar-refractivity contribution < 1.29 is 23.9 Å². The minimum atomic E-state index is -0.654. The van der Waals surface area contributed by atoms with Gasteiger partial charge < -0.3 is 29.9 Å². The molecule has 0 saturated carbocycles. The molecule has 3 amide bonds. The highest BCUT2D eigenvalue weighted by atomic mass is 16.6. The van der Waals surface area contributed by atoms with Crippen LogP contribution in [0.5, 0.6) is 0 Å². The summed E-state index contributed by atoms with van der Waals surface area (Å²) in [5.41, 5.74) is 2.22. The van der Waals surface area contributed by atoms with Crippen LogP contribution in [-0.2, 0) is 19.1 Å². The number of benzene rings is 1. The number of cyclic esters (lactones) is 1. The molecule has 3 saturated heterocycles. The van der Waals surface area contributed by atoms with Gasteiger partial charge in [-0.3, -0.25) is 9.59 Å². The molecule has 1 unspecified atom stereocenters. The molecule has 2 N–H and O–H groups in total. The van der Waals surface area contributed by atoms with E-state index in [1.165, 1.54) is 0 Å². The first-order valence-electron chi connectivity index (χ1n) is 13.7. The Bertz CT molecular complexity index is 1410. The lowest BCUT2D eigenvalue weighted by atomic mass is 10.0. The fourth-order valence-corrected chi connectivity index (χ4v) is 5.45. The number of nitrogens with one attached hydrogen (secondary N) is 2. The molecule has 0 aliphatic carbocycles. The number of ether oxygens (including phenoxy) is 2. The lowest BCUT2D eigenvalue weighted by Gasteiger charge is -2.33. The number of carbonyl (C=O) groups excluding carboxylic acids is 3. The van der Waals surface area contributed by atoms with Crippen LogP contribution in [0, 0.1) is 0 Å². The number of rotatable bonds is 5. The Hall–Kier alpha value is -4.26. The zero-order valence-corrected chi connectivity index (χ0v) is 22.3. The van der Waals surface area contributed by atoms with E-state index in [1.54, 1.807) is 11.9 Å². The number of likely N-dealkylation sites (tertiary alicyclic amines) is 1. The van der Waals surface area contributed by atoms with E-state index in [-0.39, 0.29) is 23.9 Å². The number of esters is 1. The largest absolute Gasteiger partial charge is 0.452 e. The Balaban J connectivity index is 1.28. The fraction of sp³-hybridized carbons (Fsp3) is 0.481. The van der Waals surface area contributed by atoms with Gasteiger partial charge in [-0.1, -0.05) is 0 Å². The van der Waals surface area contributed by atoms with Gasteiger partial charge >= 0.3 is 12.0 Å². The molecule has 2 aromatic heterocycles. The molecular weight excluding hydrogens is 516 g/mol. The van der Waals surface area contributed by atoms with Crippen LogP contribution in [0.2, 0.25) is 0 Å². The van der Waals surface area contributed by atoms with Crippen LogP contribution < -0.4 is 15.5 Å². The predicted molar refractivity (Wildman–Crippen MR) is 146 cm³/mol. The summed E-state index contributed by atoms with van der Waals surface area (Å²) < 4.78 is 12.7. The van der Waals surface area contributed by atoms with Crippen LogP contribution in [0.25, 0.3) is 22.4 Å². The number of aromatic nitrogens is 4. The first-order chi connectivity index (χ1) is 19.5. The molecule has 5 heterocycles. The van der Waals surface area contributed by atoms with Crippen LogP contribution in [-0.4, -0.2) is 95.1 Å². The molecule has 0 bridgehead atoms. The third-order valence-electron chi connectivity index (χ3n) is 7.65. The van der Waals surface area contributed by atoms with Crippen molar-refractivity contribution >= 4 is 40.4 Å². The van der Waals surface area contributed by atoms with Crippen molar-refractivity contribution in [1.29, 1.82) is 0 Å². The average Bonchev–Trinajstić information content (AvgIpc) is 3.63. The van der Waals surface area contributed by atoms with Crippen molar-refractivity contribution in [1.82, 2.24) is 30.0 Å². The number of amides is 3. The minimum Gasteiger partial charge on any atom is -0.452 e. The molecule has 210 valence electrons. The zero-order chi connectivity index (χ0) is 27.6. The van der Waals surface area contributed by atoms with Crippen molar-refractivity contribution in [2.24, 2.45) is 0 Å². The molecule has 40 heavy (non-hydrogen) atoms. The molecule has 0 radical (unpaired) electrons. The van der Waals surface area contributed by atoms with Crippen molar-refractivity contribution in [3.8, 4) is 11.4 Å². The van der Waals surface area contributed by atoms with E-state index >= 15 is 0 Å². The first-order valence-corrected chi connectivity index (χ1v) is 13.7. The number of carbonyl (C=O) groups is 3. The van der Waals surface area contributed by atoms with E-state index in [0.717, 1.165) is 48.3 Å². The highest BCUT2D eigenvalue weighted by Gasteiger charge is 2.35. The summed E-state index contributed by atoms with van der Waals surface area (Å²) >= 11 is 0. The van der Waals surface area contributed by atoms with Gasteiger partial charge in [-0.15, -0.1) is 0 Å². The third-order valence-corrected chi connectivity index (χ3v) is 7.65. The number of hydrogen-bond acceptors (Lipinski definition) is 9. The number of urea groups is 1. The zero-order valence-electron chi connectivity index (χ0n) is 22.3. The molecule has 6 rings (SSSR count).